The van der Waals surface area contributed by atoms with Crippen LogP contribution in [0.15, 0.2) is 191 Å². The maximum absolute atomic E-state index is 9.81. The first kappa shape index (κ1) is 84.3. The molecule has 0 bridgehead atoms. The molecule has 4 aliphatic heterocycles. The van der Waals surface area contributed by atoms with Gasteiger partial charge in [-0.15, -0.1) is 0 Å². The van der Waals surface area contributed by atoms with E-state index in [1.807, 2.05) is 7.11 Å². The lowest BCUT2D eigenvalue weighted by Crippen LogP contribution is -3.00. The van der Waals surface area contributed by atoms with Crippen molar-refractivity contribution in [2.24, 2.45) is 0 Å². The Morgan fingerprint density at radius 2 is 0.811 bits per heavy atom. The number of benzene rings is 4. The Balaban J connectivity index is 0.000000440. The minimum atomic E-state index is -0.0301. The fraction of sp³-hybridized carbons (Fsp3) is 0.517. The number of aliphatic hydroxyl groups is 1. The number of methoxy groups -OCH3 is 1. The summed E-state index contributed by atoms with van der Waals surface area (Å²) in [6.45, 7) is 41.8. The number of para-hydroxylation sites is 4. The zero-order valence-electron chi connectivity index (χ0n) is 60.8. The van der Waals surface area contributed by atoms with Gasteiger partial charge in [-0.05, 0) is 174 Å². The van der Waals surface area contributed by atoms with Crippen LogP contribution in [0.3, 0.4) is 0 Å². The van der Waals surface area contributed by atoms with Gasteiger partial charge in [0.05, 0.1) is 10.8 Å². The summed E-state index contributed by atoms with van der Waals surface area (Å²) >= 11 is 0. The number of aliphatic hydroxyl groups excluding tert-OH is 1. The summed E-state index contributed by atoms with van der Waals surface area (Å²) in [4.78, 5) is 5.09. The van der Waals surface area contributed by atoms with Crippen LogP contribution in [0, 0.1) is 0 Å². The summed E-state index contributed by atoms with van der Waals surface area (Å²) in [5, 5.41) is 9.81. The number of allylic oxidation sites excluding steroid dienone is 16. The first-order valence-corrected chi connectivity index (χ1v) is 35.8. The van der Waals surface area contributed by atoms with Gasteiger partial charge in [-0.3, -0.25) is 0 Å². The molecule has 0 unspecified atom stereocenters. The van der Waals surface area contributed by atoms with Crippen LogP contribution in [0.4, 0.5) is 22.7 Å². The van der Waals surface area contributed by atoms with Crippen molar-refractivity contribution in [3.8, 4) is 0 Å². The second-order valence-corrected chi connectivity index (χ2v) is 28.2. The van der Waals surface area contributed by atoms with Gasteiger partial charge in [0.2, 0.25) is 11.4 Å². The Bertz CT molecular complexity index is 3440. The van der Waals surface area contributed by atoms with Crippen molar-refractivity contribution in [3.05, 3.63) is 213 Å². The van der Waals surface area contributed by atoms with E-state index >= 15 is 0 Å². The summed E-state index contributed by atoms with van der Waals surface area (Å²) in [5.74, 6) is 0. The molecule has 0 aromatic heterocycles. The third-order valence-corrected chi connectivity index (χ3v) is 19.5. The minimum absolute atomic E-state index is 0. The molecule has 4 aromatic rings. The number of rotatable bonds is 21. The molecule has 0 amide bonds. The van der Waals surface area contributed by atoms with E-state index in [-0.39, 0.29) is 91.1 Å². The van der Waals surface area contributed by atoms with Gasteiger partial charge in [-0.25, -0.2) is 0 Å². The maximum Gasteiger partial charge on any atom is 0.209 e. The first-order valence-electron chi connectivity index (χ1n) is 35.8. The normalized spacial score (nSPS) is 19.3. The monoisotopic (exact) mass is 1510 g/mol. The number of hydrogen-bond donors (Lipinski definition) is 1. The summed E-state index contributed by atoms with van der Waals surface area (Å²) < 4.78 is 10.6. The predicted octanol–water partition coefficient (Wildman–Crippen LogP) is 17.4. The van der Waals surface area contributed by atoms with Gasteiger partial charge in [0.25, 0.3) is 0 Å². The fourth-order valence-corrected chi connectivity index (χ4v) is 15.1. The molecule has 0 spiro atoms. The molecule has 0 atom stereocenters. The first-order chi connectivity index (χ1) is 43.8. The second kappa shape index (κ2) is 39.6. The van der Waals surface area contributed by atoms with Crippen LogP contribution >= 0.6 is 0 Å². The highest BCUT2D eigenvalue weighted by Gasteiger charge is 2.46. The van der Waals surface area contributed by atoms with Crippen molar-refractivity contribution in [1.29, 1.82) is 0 Å². The Hall–Kier alpha value is -4.88. The molecule has 6 nitrogen and oxygen atoms in total. The molecule has 1 N–H and O–H groups in total. The molecule has 0 fully saturated rings. The Labute approximate surface area is 615 Å². The highest BCUT2D eigenvalue weighted by molar-refractivity contribution is 6.04. The summed E-state index contributed by atoms with van der Waals surface area (Å²) in [5.41, 5.74) is 25.5. The third kappa shape index (κ3) is 19.1. The largest absolute Gasteiger partial charge is 1.00 e. The Morgan fingerprint density at radius 1 is 0.453 bits per heavy atom. The lowest BCUT2D eigenvalue weighted by Gasteiger charge is -2.27. The summed E-state index contributed by atoms with van der Waals surface area (Å²) in [6.07, 6.45) is 37.1. The highest BCUT2D eigenvalue weighted by Crippen LogP contribution is 2.50. The topological polar surface area (TPSA) is 42.0 Å². The Kier molecular flexibility index (Phi) is 35.2. The van der Waals surface area contributed by atoms with Gasteiger partial charge in [0.1, 0.15) is 13.1 Å². The zero-order valence-corrected chi connectivity index (χ0v) is 65.1. The summed E-state index contributed by atoms with van der Waals surface area (Å²) in [6, 6.07) is 35.8. The van der Waals surface area contributed by atoms with E-state index in [9.17, 15) is 5.11 Å². The van der Waals surface area contributed by atoms with Crippen LogP contribution in [-0.4, -0.2) is 72.2 Å². The SMILES string of the molecule is C.C.CCC.CCC.CCCN1/C(=C/C=C2\CCCC(/C=C/C3=[N+](CCC)c4ccccc4C3(C)C)=C2CCCO)C(C)(C)c2ccccc21.CCCN1/C(=C/C=C2\CCCC(/C=C/C3=[N+](CCC)c4ccccc4C3(C)C)=C2CCCOC)C(C)(C)c2ccccc21.[I-].[I-]. The van der Waals surface area contributed by atoms with Gasteiger partial charge in [-0.2, -0.15) is 9.15 Å². The van der Waals surface area contributed by atoms with E-state index < -0.39 is 0 Å². The van der Waals surface area contributed by atoms with Crippen molar-refractivity contribution in [3.63, 3.8) is 0 Å². The molecule has 8 heteroatoms. The quantitative estimate of drug-likeness (QED) is 0.0513. The van der Waals surface area contributed by atoms with Crippen LogP contribution in [0.2, 0.25) is 0 Å². The van der Waals surface area contributed by atoms with Crippen molar-refractivity contribution in [1.82, 2.24) is 0 Å². The number of halogens is 2. The number of nitrogens with zero attached hydrogens (tertiary/aromatic N) is 4. The highest BCUT2D eigenvalue weighted by atomic mass is 127. The molecule has 522 valence electrons. The molecular weight excluding hydrogens is 1390 g/mol. The molecule has 4 heterocycles. The number of fused-ring (bicyclic) bond motifs is 4. The number of anilines is 2. The lowest BCUT2D eigenvalue weighted by molar-refractivity contribution is -0.437. The van der Waals surface area contributed by atoms with Crippen LogP contribution < -0.4 is 57.8 Å². The molecule has 0 saturated heterocycles. The molecule has 2 aliphatic carbocycles. The van der Waals surface area contributed by atoms with Crippen LogP contribution in [0.25, 0.3) is 0 Å². The van der Waals surface area contributed by atoms with E-state index in [1.165, 1.54) is 121 Å². The van der Waals surface area contributed by atoms with E-state index in [4.69, 9.17) is 4.74 Å². The van der Waals surface area contributed by atoms with Crippen LogP contribution in [-0.2, 0) is 26.4 Å². The van der Waals surface area contributed by atoms with Crippen molar-refractivity contribution in [2.75, 3.05) is 56.3 Å². The van der Waals surface area contributed by atoms with Gasteiger partial charge >= 0.3 is 0 Å². The maximum atomic E-state index is 9.81. The van der Waals surface area contributed by atoms with Gasteiger partial charge in [0, 0.05) is 115 Å². The zero-order chi connectivity index (χ0) is 65.9. The van der Waals surface area contributed by atoms with Gasteiger partial charge in [-0.1, -0.05) is 208 Å². The predicted molar refractivity (Wildman–Crippen MR) is 409 cm³/mol. The standard InChI is InChI=1S/C40H53N2O.C39H51N2O.2C3H8.2CH4.2HI/c1-8-27-41-35-21-12-10-19-33(35)39(3,4)37(41)25-23-30-16-14-17-31(32(30)18-15-29-43-7)24-26-38-40(5,6)34-20-11-13-22-36(34)42(38)28-9-2;1-7-26-40-34-20-11-9-18-32(34)38(3,4)36(40)24-22-29-15-13-16-30(31(29)17-14-28-42)23-25-37-39(5,6)33-19-10-12-21-35(33)41(37)27-8-2;2*1-3-2;;;;/h10-13,19-26H,8-9,14-18,27-29H2,1-7H3;9-12,18-25,42H,7-8,13-17,26-28H2,1-6H3;2*3H2,1-2H3;2*1H4;2*1H/q2*+1;;;;;;/p-2. The van der Waals surface area contributed by atoms with Crippen LogP contribution in [0.1, 0.15) is 251 Å². The van der Waals surface area contributed by atoms with Crippen molar-refractivity contribution in [2.45, 2.75) is 250 Å². The van der Waals surface area contributed by atoms with Crippen LogP contribution in [0.5, 0.6) is 0 Å². The van der Waals surface area contributed by atoms with E-state index in [0.29, 0.717) is 0 Å². The molecule has 0 radical (unpaired) electrons. The number of ether oxygens (including phenoxy) is 1. The molecular formula is C87H128I2N4O2. The van der Waals surface area contributed by atoms with E-state index in [0.717, 1.165) is 116 Å². The average molecular weight is 1520 g/mol. The van der Waals surface area contributed by atoms with Gasteiger partial charge in [0.15, 0.2) is 11.4 Å². The molecule has 0 saturated carbocycles. The van der Waals surface area contributed by atoms with E-state index in [2.05, 4.69) is 275 Å². The number of hydrogen-bond acceptors (Lipinski definition) is 4. The molecule has 4 aromatic carbocycles. The summed E-state index contributed by atoms with van der Waals surface area (Å²) in [7, 11) is 1.82. The molecule has 95 heavy (non-hydrogen) atoms. The second-order valence-electron chi connectivity index (χ2n) is 28.2. The molecule has 10 rings (SSSR count). The van der Waals surface area contributed by atoms with E-state index in [1.54, 1.807) is 0 Å². The lowest BCUT2D eigenvalue weighted by atomic mass is 9.80. The Morgan fingerprint density at radius 3 is 1.17 bits per heavy atom. The smallest absolute Gasteiger partial charge is 0.209 e. The van der Waals surface area contributed by atoms with Crippen molar-refractivity contribution < 1.29 is 66.9 Å². The minimum Gasteiger partial charge on any atom is -1.00 e. The fourth-order valence-electron chi connectivity index (χ4n) is 15.1. The van der Waals surface area contributed by atoms with Crippen molar-refractivity contribution >= 4 is 34.2 Å². The van der Waals surface area contributed by atoms with Gasteiger partial charge < -0.3 is 67.6 Å². The average Bonchev–Trinajstić information content (AvgIpc) is 1.63. The third-order valence-electron chi connectivity index (χ3n) is 19.5. The molecule has 6 aliphatic rings.